The van der Waals surface area contributed by atoms with Crippen LogP contribution in [0.15, 0.2) is 29.2 Å². The minimum absolute atomic E-state index is 0.179. The van der Waals surface area contributed by atoms with Gasteiger partial charge in [0.15, 0.2) is 0 Å². The van der Waals surface area contributed by atoms with Gasteiger partial charge in [0.1, 0.15) is 0 Å². The van der Waals surface area contributed by atoms with Crippen molar-refractivity contribution in [2.24, 2.45) is 11.8 Å². The third kappa shape index (κ3) is 4.70. The van der Waals surface area contributed by atoms with Crippen LogP contribution in [0.2, 0.25) is 5.02 Å². The van der Waals surface area contributed by atoms with Gasteiger partial charge in [-0.05, 0) is 42.9 Å². The summed E-state index contributed by atoms with van der Waals surface area (Å²) in [6.07, 6.45) is 6.08. The minimum atomic E-state index is -0.179. The number of aliphatic hydroxyl groups is 1. The lowest BCUT2D eigenvalue weighted by Crippen LogP contribution is -2.27. The number of aliphatic hydroxyl groups excluding tert-OH is 1. The standard InChI is InChI=1S/C16H23ClOS/c1-2-12-6-8-13(9-7-12)16(18)11-19-15-5-3-4-14(17)10-15/h3-5,10,12-13,16,18H,2,6-9,11H2,1H3. The normalized spacial score (nSPS) is 25.2. The Bertz CT molecular complexity index is 388. The fourth-order valence-corrected chi connectivity index (χ4v) is 4.13. The highest BCUT2D eigenvalue weighted by atomic mass is 35.5. The molecule has 1 aromatic carbocycles. The molecule has 0 amide bonds. The lowest BCUT2D eigenvalue weighted by molar-refractivity contribution is 0.0916. The zero-order valence-corrected chi connectivity index (χ0v) is 13.1. The molecule has 1 fully saturated rings. The molecule has 1 N–H and O–H groups in total. The van der Waals surface area contributed by atoms with Crippen molar-refractivity contribution in [3.63, 3.8) is 0 Å². The third-order valence-corrected chi connectivity index (χ3v) is 5.56. The van der Waals surface area contributed by atoms with Crippen molar-refractivity contribution in [2.75, 3.05) is 5.75 Å². The molecule has 3 heteroatoms. The number of halogens is 1. The van der Waals surface area contributed by atoms with Gasteiger partial charge >= 0.3 is 0 Å². The van der Waals surface area contributed by atoms with Crippen molar-refractivity contribution < 1.29 is 5.11 Å². The Morgan fingerprint density at radius 3 is 2.68 bits per heavy atom. The molecule has 0 aromatic heterocycles. The van der Waals surface area contributed by atoms with Crippen molar-refractivity contribution in [1.29, 1.82) is 0 Å². The maximum absolute atomic E-state index is 10.3. The van der Waals surface area contributed by atoms with Gasteiger partial charge in [0, 0.05) is 15.7 Å². The first kappa shape index (κ1) is 15.2. The summed E-state index contributed by atoms with van der Waals surface area (Å²) in [5.74, 6) is 2.17. The molecule has 1 unspecified atom stereocenters. The molecule has 0 spiro atoms. The summed E-state index contributed by atoms with van der Waals surface area (Å²) in [6, 6.07) is 7.86. The molecule has 0 saturated heterocycles. The van der Waals surface area contributed by atoms with Gasteiger partial charge < -0.3 is 5.11 Å². The Morgan fingerprint density at radius 2 is 2.05 bits per heavy atom. The monoisotopic (exact) mass is 298 g/mol. The van der Waals surface area contributed by atoms with Gasteiger partial charge in [0.05, 0.1) is 6.10 Å². The van der Waals surface area contributed by atoms with Gasteiger partial charge in [-0.3, -0.25) is 0 Å². The number of benzene rings is 1. The third-order valence-electron chi connectivity index (χ3n) is 4.23. The molecular weight excluding hydrogens is 276 g/mol. The number of thioether (sulfide) groups is 1. The van der Waals surface area contributed by atoms with Crippen LogP contribution in [0.25, 0.3) is 0 Å². The smallest absolute Gasteiger partial charge is 0.0662 e. The van der Waals surface area contributed by atoms with Gasteiger partial charge in [-0.1, -0.05) is 43.9 Å². The molecule has 1 aromatic rings. The molecule has 0 bridgehead atoms. The van der Waals surface area contributed by atoms with Crippen molar-refractivity contribution >= 4 is 23.4 Å². The van der Waals surface area contributed by atoms with E-state index in [4.69, 9.17) is 11.6 Å². The van der Waals surface area contributed by atoms with Gasteiger partial charge in [0.2, 0.25) is 0 Å². The Balaban J connectivity index is 1.77. The summed E-state index contributed by atoms with van der Waals surface area (Å²) in [5, 5.41) is 11.1. The fraction of sp³-hybridized carbons (Fsp3) is 0.625. The predicted molar refractivity (Wildman–Crippen MR) is 83.9 cm³/mol. The van der Waals surface area contributed by atoms with Crippen LogP contribution in [0.3, 0.4) is 0 Å². The van der Waals surface area contributed by atoms with E-state index in [9.17, 15) is 5.11 Å². The lowest BCUT2D eigenvalue weighted by Gasteiger charge is -2.30. The molecule has 19 heavy (non-hydrogen) atoms. The van der Waals surface area contributed by atoms with E-state index in [0.717, 1.165) is 21.6 Å². The maximum atomic E-state index is 10.3. The van der Waals surface area contributed by atoms with Crippen LogP contribution in [-0.4, -0.2) is 17.0 Å². The van der Waals surface area contributed by atoms with Crippen molar-refractivity contribution in [1.82, 2.24) is 0 Å². The molecule has 1 saturated carbocycles. The van der Waals surface area contributed by atoms with Gasteiger partial charge in [-0.15, -0.1) is 11.8 Å². The lowest BCUT2D eigenvalue weighted by atomic mass is 9.79. The number of rotatable bonds is 5. The van der Waals surface area contributed by atoms with E-state index in [1.807, 2.05) is 18.2 Å². The van der Waals surface area contributed by atoms with E-state index in [2.05, 4.69) is 13.0 Å². The molecule has 0 aliphatic heterocycles. The summed E-state index contributed by atoms with van der Waals surface area (Å²) in [7, 11) is 0. The summed E-state index contributed by atoms with van der Waals surface area (Å²) >= 11 is 7.67. The van der Waals surface area contributed by atoms with Gasteiger partial charge in [-0.25, -0.2) is 0 Å². The summed E-state index contributed by atoms with van der Waals surface area (Å²) in [5.41, 5.74) is 0. The zero-order chi connectivity index (χ0) is 13.7. The van der Waals surface area contributed by atoms with E-state index in [-0.39, 0.29) is 6.10 Å². The average molecular weight is 299 g/mol. The van der Waals surface area contributed by atoms with Crippen molar-refractivity contribution in [3.05, 3.63) is 29.3 Å². The Kier molecular flexibility index (Phi) is 6.06. The highest BCUT2D eigenvalue weighted by Crippen LogP contribution is 2.34. The van der Waals surface area contributed by atoms with E-state index >= 15 is 0 Å². The molecule has 106 valence electrons. The summed E-state index contributed by atoms with van der Waals surface area (Å²) < 4.78 is 0. The SMILES string of the molecule is CCC1CCC(C(O)CSc2cccc(Cl)c2)CC1. The van der Waals surface area contributed by atoms with Crippen molar-refractivity contribution in [3.8, 4) is 0 Å². The largest absolute Gasteiger partial charge is 0.392 e. The fourth-order valence-electron chi connectivity index (χ4n) is 2.86. The first-order valence-corrected chi connectivity index (χ1v) is 8.61. The first-order chi connectivity index (χ1) is 9.19. The second-order valence-corrected chi connectivity index (χ2v) is 7.05. The molecule has 0 heterocycles. The topological polar surface area (TPSA) is 20.2 Å². The first-order valence-electron chi connectivity index (χ1n) is 7.25. The average Bonchev–Trinajstić information content (AvgIpc) is 2.45. The van der Waals surface area contributed by atoms with Crippen LogP contribution >= 0.6 is 23.4 Å². The van der Waals surface area contributed by atoms with Gasteiger partial charge in [0.25, 0.3) is 0 Å². The minimum Gasteiger partial charge on any atom is -0.392 e. The summed E-state index contributed by atoms with van der Waals surface area (Å²) in [6.45, 7) is 2.27. The van der Waals surface area contributed by atoms with Crippen LogP contribution < -0.4 is 0 Å². The Hall–Kier alpha value is -0.180. The van der Waals surface area contributed by atoms with Gasteiger partial charge in [-0.2, -0.15) is 0 Å². The second-order valence-electron chi connectivity index (χ2n) is 5.52. The Morgan fingerprint density at radius 1 is 1.32 bits per heavy atom. The highest BCUT2D eigenvalue weighted by molar-refractivity contribution is 7.99. The van der Waals surface area contributed by atoms with Crippen molar-refractivity contribution in [2.45, 2.75) is 50.0 Å². The molecule has 1 aliphatic rings. The molecule has 0 radical (unpaired) electrons. The van der Waals surface area contributed by atoms with E-state index in [0.29, 0.717) is 5.92 Å². The molecule has 2 rings (SSSR count). The second kappa shape index (κ2) is 7.56. The number of hydrogen-bond acceptors (Lipinski definition) is 2. The van der Waals surface area contributed by atoms with Crippen LogP contribution in [0, 0.1) is 11.8 Å². The Labute approximate surface area is 125 Å². The van der Waals surface area contributed by atoms with E-state index < -0.39 is 0 Å². The van der Waals surface area contributed by atoms with E-state index in [1.54, 1.807) is 11.8 Å². The number of hydrogen-bond donors (Lipinski definition) is 1. The zero-order valence-electron chi connectivity index (χ0n) is 11.5. The van der Waals surface area contributed by atoms with Crippen LogP contribution in [0.1, 0.15) is 39.0 Å². The predicted octanol–water partition coefficient (Wildman–Crippen LogP) is 5.01. The maximum Gasteiger partial charge on any atom is 0.0662 e. The molecule has 1 atom stereocenters. The van der Waals surface area contributed by atoms with E-state index in [1.165, 1.54) is 32.1 Å². The quantitative estimate of drug-likeness (QED) is 0.771. The highest BCUT2D eigenvalue weighted by Gasteiger charge is 2.25. The van der Waals surface area contributed by atoms with Crippen LogP contribution in [0.4, 0.5) is 0 Å². The molecule has 1 aliphatic carbocycles. The molecule has 1 nitrogen and oxygen atoms in total. The summed E-state index contributed by atoms with van der Waals surface area (Å²) in [4.78, 5) is 1.15. The van der Waals surface area contributed by atoms with Crippen LogP contribution in [-0.2, 0) is 0 Å². The molecular formula is C16H23ClOS. The van der Waals surface area contributed by atoms with Crippen LogP contribution in [0.5, 0.6) is 0 Å².